The van der Waals surface area contributed by atoms with Crippen LogP contribution >= 0.6 is 0 Å². The highest BCUT2D eigenvalue weighted by Crippen LogP contribution is 2.28. The van der Waals surface area contributed by atoms with E-state index >= 15 is 0 Å². The molecule has 7 heteroatoms. The van der Waals surface area contributed by atoms with Crippen molar-refractivity contribution in [2.45, 2.75) is 6.10 Å². The molecule has 0 saturated carbocycles. The molecule has 3 aromatic rings. The number of ether oxygens (including phenoxy) is 1. The van der Waals surface area contributed by atoms with Gasteiger partial charge in [-0.25, -0.2) is 9.97 Å². The molecule has 0 N–H and O–H groups in total. The van der Waals surface area contributed by atoms with Crippen molar-refractivity contribution in [1.29, 1.82) is 0 Å². The number of hydrogen-bond donors (Lipinski definition) is 0. The van der Waals surface area contributed by atoms with Crippen LogP contribution in [-0.2, 0) is 4.74 Å². The SMILES string of the molecule is CN1CCN(C[C@@H]2CN(c3nc(-c4cccnc4)nc4ccccc34)CCO2)CC1. The van der Waals surface area contributed by atoms with E-state index in [0.29, 0.717) is 0 Å². The van der Waals surface area contributed by atoms with Crippen LogP contribution in [0.2, 0.25) is 0 Å². The van der Waals surface area contributed by atoms with E-state index in [1.165, 1.54) is 0 Å². The number of para-hydroxylation sites is 1. The highest BCUT2D eigenvalue weighted by atomic mass is 16.5. The quantitative estimate of drug-likeness (QED) is 0.660. The van der Waals surface area contributed by atoms with Gasteiger partial charge in [0.15, 0.2) is 5.82 Å². The largest absolute Gasteiger partial charge is 0.373 e. The monoisotopic (exact) mass is 404 g/mol. The molecule has 1 aromatic carbocycles. The zero-order valence-electron chi connectivity index (χ0n) is 17.4. The highest BCUT2D eigenvalue weighted by Gasteiger charge is 2.26. The second-order valence-electron chi connectivity index (χ2n) is 8.17. The Morgan fingerprint density at radius 2 is 1.87 bits per heavy atom. The van der Waals surface area contributed by atoms with Crippen LogP contribution in [0.1, 0.15) is 0 Å². The number of morpholine rings is 1. The lowest BCUT2D eigenvalue weighted by atomic mass is 10.1. The maximum absolute atomic E-state index is 6.14. The molecule has 2 aromatic heterocycles. The minimum Gasteiger partial charge on any atom is -0.373 e. The van der Waals surface area contributed by atoms with Crippen molar-refractivity contribution in [2.75, 3.05) is 64.4 Å². The van der Waals surface area contributed by atoms with Gasteiger partial charge in [0.2, 0.25) is 0 Å². The number of piperazine rings is 1. The van der Waals surface area contributed by atoms with E-state index in [0.717, 1.165) is 80.5 Å². The van der Waals surface area contributed by atoms with Crippen LogP contribution in [0, 0.1) is 0 Å². The molecule has 0 spiro atoms. The predicted molar refractivity (Wildman–Crippen MR) is 119 cm³/mol. The third-order valence-electron chi connectivity index (χ3n) is 6.00. The number of fused-ring (bicyclic) bond motifs is 1. The van der Waals surface area contributed by atoms with Gasteiger partial charge in [-0.15, -0.1) is 0 Å². The molecule has 2 aliphatic rings. The van der Waals surface area contributed by atoms with Crippen LogP contribution in [0.3, 0.4) is 0 Å². The van der Waals surface area contributed by atoms with Crippen LogP contribution in [0.25, 0.3) is 22.3 Å². The Morgan fingerprint density at radius 3 is 2.70 bits per heavy atom. The van der Waals surface area contributed by atoms with E-state index in [2.05, 4.69) is 44.9 Å². The van der Waals surface area contributed by atoms with Crippen LogP contribution in [0.5, 0.6) is 0 Å². The van der Waals surface area contributed by atoms with Gasteiger partial charge in [-0.3, -0.25) is 9.88 Å². The molecular weight excluding hydrogens is 376 g/mol. The first-order valence-corrected chi connectivity index (χ1v) is 10.7. The second kappa shape index (κ2) is 8.63. The summed E-state index contributed by atoms with van der Waals surface area (Å²) in [5, 5.41) is 1.09. The molecule has 2 saturated heterocycles. The number of benzene rings is 1. The fraction of sp³-hybridized carbons (Fsp3) is 0.435. The number of pyridine rings is 1. The van der Waals surface area contributed by atoms with Gasteiger partial charge in [-0.1, -0.05) is 12.1 Å². The molecule has 1 atom stereocenters. The summed E-state index contributed by atoms with van der Waals surface area (Å²) in [6, 6.07) is 12.2. The molecule has 0 bridgehead atoms. The van der Waals surface area contributed by atoms with Gasteiger partial charge in [0.25, 0.3) is 0 Å². The van der Waals surface area contributed by atoms with Crippen LogP contribution in [0.15, 0.2) is 48.8 Å². The first-order chi connectivity index (χ1) is 14.8. The summed E-state index contributed by atoms with van der Waals surface area (Å²) in [5.41, 5.74) is 1.90. The van der Waals surface area contributed by atoms with Crippen molar-refractivity contribution in [3.8, 4) is 11.4 Å². The van der Waals surface area contributed by atoms with Gasteiger partial charge >= 0.3 is 0 Å². The van der Waals surface area contributed by atoms with E-state index < -0.39 is 0 Å². The summed E-state index contributed by atoms with van der Waals surface area (Å²) in [7, 11) is 2.19. The van der Waals surface area contributed by atoms with E-state index in [-0.39, 0.29) is 6.10 Å². The van der Waals surface area contributed by atoms with E-state index in [1.54, 1.807) is 6.20 Å². The first kappa shape index (κ1) is 19.4. The molecular formula is C23H28N6O. The summed E-state index contributed by atoms with van der Waals surface area (Å²) in [6.07, 6.45) is 3.79. The van der Waals surface area contributed by atoms with Gasteiger partial charge in [0, 0.05) is 69.2 Å². The fourth-order valence-corrected chi connectivity index (χ4v) is 4.27. The topological polar surface area (TPSA) is 57.6 Å². The Hall–Kier alpha value is -2.61. The van der Waals surface area contributed by atoms with Crippen molar-refractivity contribution in [3.63, 3.8) is 0 Å². The maximum atomic E-state index is 6.14. The Morgan fingerprint density at radius 1 is 1.00 bits per heavy atom. The highest BCUT2D eigenvalue weighted by molar-refractivity contribution is 5.91. The third-order valence-corrected chi connectivity index (χ3v) is 6.00. The molecule has 30 heavy (non-hydrogen) atoms. The molecule has 0 radical (unpaired) electrons. The second-order valence-corrected chi connectivity index (χ2v) is 8.17. The van der Waals surface area contributed by atoms with E-state index in [9.17, 15) is 0 Å². The fourth-order valence-electron chi connectivity index (χ4n) is 4.27. The lowest BCUT2D eigenvalue weighted by Crippen LogP contribution is -2.52. The Bertz CT molecular complexity index is 989. The molecule has 7 nitrogen and oxygen atoms in total. The number of aromatic nitrogens is 3. The van der Waals surface area contributed by atoms with Gasteiger partial charge in [-0.05, 0) is 31.3 Å². The molecule has 2 aliphatic heterocycles. The zero-order valence-corrected chi connectivity index (χ0v) is 17.4. The zero-order chi connectivity index (χ0) is 20.3. The number of hydrogen-bond acceptors (Lipinski definition) is 7. The van der Waals surface area contributed by atoms with Crippen LogP contribution in [0.4, 0.5) is 5.82 Å². The maximum Gasteiger partial charge on any atom is 0.163 e. The number of likely N-dealkylation sites (N-methyl/N-ethyl adjacent to an activating group) is 1. The molecule has 5 rings (SSSR count). The van der Waals surface area contributed by atoms with Gasteiger partial charge < -0.3 is 14.5 Å². The lowest BCUT2D eigenvalue weighted by molar-refractivity contribution is 0.00669. The average Bonchev–Trinajstić information content (AvgIpc) is 2.81. The van der Waals surface area contributed by atoms with E-state index in [1.807, 2.05) is 24.4 Å². The van der Waals surface area contributed by atoms with Gasteiger partial charge in [0.05, 0.1) is 18.2 Å². The summed E-state index contributed by atoms with van der Waals surface area (Å²) < 4.78 is 6.14. The molecule has 0 aliphatic carbocycles. The van der Waals surface area contributed by atoms with Crippen LogP contribution in [-0.4, -0.2) is 90.3 Å². The van der Waals surface area contributed by atoms with Crippen molar-refractivity contribution in [1.82, 2.24) is 24.8 Å². The molecule has 156 valence electrons. The van der Waals surface area contributed by atoms with Crippen molar-refractivity contribution in [2.24, 2.45) is 0 Å². The molecule has 4 heterocycles. The number of anilines is 1. The minimum absolute atomic E-state index is 0.192. The van der Waals surface area contributed by atoms with E-state index in [4.69, 9.17) is 14.7 Å². The Kier molecular flexibility index (Phi) is 5.57. The van der Waals surface area contributed by atoms with Gasteiger partial charge in [-0.2, -0.15) is 0 Å². The third kappa shape index (κ3) is 4.14. The average molecular weight is 405 g/mol. The van der Waals surface area contributed by atoms with Crippen molar-refractivity contribution >= 4 is 16.7 Å². The summed E-state index contributed by atoms with van der Waals surface area (Å²) in [5.74, 6) is 1.71. The standard InChI is InChI=1S/C23H28N6O/c1-27-9-11-28(12-10-27)16-19-17-29(13-14-30-19)23-20-6-2-3-7-21(20)25-22(26-23)18-5-4-8-24-15-18/h2-8,15,19H,9-14,16-17H2,1H3/t19-/m1/s1. The summed E-state index contributed by atoms with van der Waals surface area (Å²) >= 11 is 0. The normalized spacial score (nSPS) is 21.2. The minimum atomic E-state index is 0.192. The summed E-state index contributed by atoms with van der Waals surface area (Å²) in [4.78, 5) is 21.3. The smallest absolute Gasteiger partial charge is 0.163 e. The van der Waals surface area contributed by atoms with Crippen molar-refractivity contribution in [3.05, 3.63) is 48.8 Å². The number of rotatable bonds is 4. The lowest BCUT2D eigenvalue weighted by Gasteiger charge is -2.39. The van der Waals surface area contributed by atoms with Crippen LogP contribution < -0.4 is 4.90 Å². The Balaban J connectivity index is 1.42. The predicted octanol–water partition coefficient (Wildman–Crippen LogP) is 2.14. The molecule has 0 amide bonds. The molecule has 2 fully saturated rings. The van der Waals surface area contributed by atoms with Crippen molar-refractivity contribution < 1.29 is 4.74 Å². The Labute approximate surface area is 177 Å². The first-order valence-electron chi connectivity index (χ1n) is 10.7. The van der Waals surface area contributed by atoms with Gasteiger partial charge in [0.1, 0.15) is 5.82 Å². The number of nitrogens with zero attached hydrogens (tertiary/aromatic N) is 6. The molecule has 0 unspecified atom stereocenters. The summed E-state index contributed by atoms with van der Waals surface area (Å²) in [6.45, 7) is 7.85.